The summed E-state index contributed by atoms with van der Waals surface area (Å²) in [7, 11) is 1.99. The van der Waals surface area contributed by atoms with Crippen molar-refractivity contribution >= 4 is 18.3 Å². The number of likely N-dealkylation sites (tertiary alicyclic amines) is 1. The average Bonchev–Trinajstić information content (AvgIpc) is 2.17. The summed E-state index contributed by atoms with van der Waals surface area (Å²) in [6.07, 6.45) is 2.84. The Balaban J connectivity index is 0.00000144. The van der Waals surface area contributed by atoms with Gasteiger partial charge in [0, 0.05) is 25.6 Å². The van der Waals surface area contributed by atoms with E-state index in [-0.39, 0.29) is 12.4 Å². The highest BCUT2D eigenvalue weighted by Crippen LogP contribution is 2.10. The van der Waals surface area contributed by atoms with Crippen LogP contribution in [0.1, 0.15) is 26.2 Å². The molecule has 4 heteroatoms. The quantitative estimate of drug-likeness (QED) is 0.732. The Bertz CT molecular complexity index is 156. The molecule has 1 N–H and O–H groups in total. The van der Waals surface area contributed by atoms with Gasteiger partial charge in [-0.25, -0.2) is 0 Å². The molecule has 1 saturated heterocycles. The lowest BCUT2D eigenvalue weighted by molar-refractivity contribution is -0.131. The highest BCUT2D eigenvalue weighted by molar-refractivity contribution is 5.85. The van der Waals surface area contributed by atoms with Crippen LogP contribution in [0, 0.1) is 0 Å². The summed E-state index contributed by atoms with van der Waals surface area (Å²) in [5.74, 6) is 0.296. The van der Waals surface area contributed by atoms with Crippen molar-refractivity contribution in [3.8, 4) is 0 Å². The molecule has 1 aliphatic heterocycles. The molecule has 0 bridgehead atoms. The van der Waals surface area contributed by atoms with Crippen molar-refractivity contribution in [1.82, 2.24) is 10.2 Å². The molecule has 1 amide bonds. The Hall–Kier alpha value is -0.280. The normalized spacial score (nSPS) is 18.2. The van der Waals surface area contributed by atoms with E-state index >= 15 is 0 Å². The van der Waals surface area contributed by atoms with Crippen LogP contribution >= 0.6 is 12.4 Å². The van der Waals surface area contributed by atoms with Crippen molar-refractivity contribution in [2.24, 2.45) is 0 Å². The van der Waals surface area contributed by atoms with E-state index in [2.05, 4.69) is 5.32 Å². The van der Waals surface area contributed by atoms with Gasteiger partial charge in [0.15, 0.2) is 0 Å². The third-order valence-electron chi connectivity index (χ3n) is 2.56. The van der Waals surface area contributed by atoms with E-state index in [1.807, 2.05) is 18.9 Å². The van der Waals surface area contributed by atoms with Crippen LogP contribution in [-0.4, -0.2) is 37.0 Å². The van der Waals surface area contributed by atoms with Gasteiger partial charge in [0.05, 0.1) is 0 Å². The fourth-order valence-corrected chi connectivity index (χ4v) is 1.64. The zero-order valence-electron chi connectivity index (χ0n) is 8.38. The van der Waals surface area contributed by atoms with E-state index in [4.69, 9.17) is 0 Å². The number of piperidine rings is 1. The smallest absolute Gasteiger partial charge is 0.222 e. The molecule has 1 aliphatic rings. The highest BCUT2D eigenvalue weighted by atomic mass is 35.5. The third kappa shape index (κ3) is 3.53. The Morgan fingerprint density at radius 2 is 2.00 bits per heavy atom. The van der Waals surface area contributed by atoms with Crippen LogP contribution < -0.4 is 5.32 Å². The van der Waals surface area contributed by atoms with E-state index in [0.29, 0.717) is 18.4 Å². The predicted molar refractivity (Wildman–Crippen MR) is 56.2 cm³/mol. The summed E-state index contributed by atoms with van der Waals surface area (Å²) in [5.41, 5.74) is 0. The van der Waals surface area contributed by atoms with Crippen LogP contribution in [0.3, 0.4) is 0 Å². The van der Waals surface area contributed by atoms with E-state index < -0.39 is 0 Å². The molecule has 0 radical (unpaired) electrons. The number of hydrogen-bond acceptors (Lipinski definition) is 2. The first-order chi connectivity index (χ1) is 5.77. The first-order valence-electron chi connectivity index (χ1n) is 4.73. The monoisotopic (exact) mass is 206 g/mol. The zero-order chi connectivity index (χ0) is 8.97. The summed E-state index contributed by atoms with van der Waals surface area (Å²) in [6, 6.07) is 0.617. The molecule has 1 rings (SSSR count). The lowest BCUT2D eigenvalue weighted by atomic mass is 10.1. The molecular weight excluding hydrogens is 188 g/mol. The molecule has 1 fully saturated rings. The maximum Gasteiger partial charge on any atom is 0.222 e. The summed E-state index contributed by atoms with van der Waals surface area (Å²) in [4.78, 5) is 13.2. The molecule has 0 spiro atoms. The number of nitrogens with zero attached hydrogens (tertiary/aromatic N) is 1. The average molecular weight is 207 g/mol. The largest absolute Gasteiger partial charge is 0.343 e. The minimum Gasteiger partial charge on any atom is -0.343 e. The van der Waals surface area contributed by atoms with Crippen LogP contribution in [0.2, 0.25) is 0 Å². The predicted octanol–water partition coefficient (Wildman–Crippen LogP) is 1.03. The van der Waals surface area contributed by atoms with E-state index in [9.17, 15) is 4.79 Å². The van der Waals surface area contributed by atoms with Crippen LogP contribution in [0.5, 0.6) is 0 Å². The van der Waals surface area contributed by atoms with Crippen molar-refractivity contribution in [3.63, 3.8) is 0 Å². The summed E-state index contributed by atoms with van der Waals surface area (Å²) >= 11 is 0. The van der Waals surface area contributed by atoms with E-state index in [1.54, 1.807) is 0 Å². The number of amides is 1. The number of hydrogen-bond donors (Lipinski definition) is 1. The molecule has 13 heavy (non-hydrogen) atoms. The van der Waals surface area contributed by atoms with Gasteiger partial charge in [-0.3, -0.25) is 4.79 Å². The maximum atomic E-state index is 11.3. The molecule has 3 nitrogen and oxygen atoms in total. The van der Waals surface area contributed by atoms with Gasteiger partial charge >= 0.3 is 0 Å². The van der Waals surface area contributed by atoms with Gasteiger partial charge in [0.25, 0.3) is 0 Å². The molecule has 0 unspecified atom stereocenters. The standard InChI is InChI=1S/C9H18N2O.ClH/c1-3-9(12)11-6-4-8(10-2)5-7-11;/h8,10H,3-7H2,1-2H3;1H. The molecule has 0 atom stereocenters. The fourth-order valence-electron chi connectivity index (χ4n) is 1.64. The second-order valence-corrected chi connectivity index (χ2v) is 3.30. The maximum absolute atomic E-state index is 11.3. The van der Waals surface area contributed by atoms with Gasteiger partial charge in [-0.1, -0.05) is 6.92 Å². The number of halogens is 1. The molecule has 78 valence electrons. The van der Waals surface area contributed by atoms with Crippen LogP contribution in [0.15, 0.2) is 0 Å². The first-order valence-corrected chi connectivity index (χ1v) is 4.73. The van der Waals surface area contributed by atoms with Gasteiger partial charge in [-0.15, -0.1) is 12.4 Å². The SMILES string of the molecule is CCC(=O)N1CCC(NC)CC1.Cl. The Kier molecular flexibility index (Phi) is 6.08. The van der Waals surface area contributed by atoms with Gasteiger partial charge in [-0.2, -0.15) is 0 Å². The highest BCUT2D eigenvalue weighted by Gasteiger charge is 2.19. The van der Waals surface area contributed by atoms with Gasteiger partial charge in [0.2, 0.25) is 5.91 Å². The van der Waals surface area contributed by atoms with Crippen molar-refractivity contribution in [2.75, 3.05) is 20.1 Å². The van der Waals surface area contributed by atoms with Crippen LogP contribution in [0.25, 0.3) is 0 Å². The van der Waals surface area contributed by atoms with Gasteiger partial charge < -0.3 is 10.2 Å². The van der Waals surface area contributed by atoms with Crippen LogP contribution in [-0.2, 0) is 4.79 Å². The molecule has 0 aromatic carbocycles. The van der Waals surface area contributed by atoms with Crippen molar-refractivity contribution in [2.45, 2.75) is 32.2 Å². The van der Waals surface area contributed by atoms with Crippen molar-refractivity contribution < 1.29 is 4.79 Å². The summed E-state index contributed by atoms with van der Waals surface area (Å²) in [6.45, 7) is 3.78. The molecule has 1 heterocycles. The topological polar surface area (TPSA) is 32.3 Å². The van der Waals surface area contributed by atoms with E-state index in [0.717, 1.165) is 25.9 Å². The molecular formula is C9H19ClN2O. The van der Waals surface area contributed by atoms with Crippen molar-refractivity contribution in [1.29, 1.82) is 0 Å². The number of carbonyl (C=O) groups is 1. The number of rotatable bonds is 2. The van der Waals surface area contributed by atoms with Gasteiger partial charge in [-0.05, 0) is 19.9 Å². The third-order valence-corrected chi connectivity index (χ3v) is 2.56. The fraction of sp³-hybridized carbons (Fsp3) is 0.889. The lowest BCUT2D eigenvalue weighted by Crippen LogP contribution is -2.43. The molecule has 0 aromatic rings. The lowest BCUT2D eigenvalue weighted by Gasteiger charge is -2.31. The Morgan fingerprint density at radius 3 is 2.38 bits per heavy atom. The summed E-state index contributed by atoms with van der Waals surface area (Å²) < 4.78 is 0. The first kappa shape index (κ1) is 12.7. The minimum absolute atomic E-state index is 0. The van der Waals surface area contributed by atoms with Gasteiger partial charge in [0.1, 0.15) is 0 Å². The molecule has 0 saturated carbocycles. The summed E-state index contributed by atoms with van der Waals surface area (Å²) in [5, 5.41) is 3.24. The van der Waals surface area contributed by atoms with Crippen LogP contribution in [0.4, 0.5) is 0 Å². The zero-order valence-corrected chi connectivity index (χ0v) is 9.19. The second-order valence-electron chi connectivity index (χ2n) is 3.30. The second kappa shape index (κ2) is 6.22. The molecule has 0 aliphatic carbocycles. The minimum atomic E-state index is 0. The number of nitrogens with one attached hydrogen (secondary N) is 1. The number of carbonyl (C=O) groups excluding carboxylic acids is 1. The van der Waals surface area contributed by atoms with Crippen molar-refractivity contribution in [3.05, 3.63) is 0 Å². The molecule has 0 aromatic heterocycles. The van der Waals surface area contributed by atoms with E-state index in [1.165, 1.54) is 0 Å². The Morgan fingerprint density at radius 1 is 1.46 bits per heavy atom. The Labute approximate surface area is 86.3 Å².